The highest BCUT2D eigenvalue weighted by Gasteiger charge is 2.50. The number of thioether (sulfide) groups is 1. The number of nitrogens with zero attached hydrogens (tertiary/aromatic N) is 2. The van der Waals surface area contributed by atoms with Gasteiger partial charge >= 0.3 is 6.03 Å². The van der Waals surface area contributed by atoms with E-state index in [9.17, 15) is 18.8 Å². The molecule has 0 spiro atoms. The average Bonchev–Trinajstić information content (AvgIpc) is 2.70. The van der Waals surface area contributed by atoms with Gasteiger partial charge in [0, 0.05) is 14.1 Å². The van der Waals surface area contributed by atoms with Crippen LogP contribution in [0.5, 0.6) is 0 Å². The summed E-state index contributed by atoms with van der Waals surface area (Å²) in [4.78, 5) is 40.1. The zero-order chi connectivity index (χ0) is 21.1. The Bertz CT molecular complexity index is 795. The molecule has 2 aliphatic heterocycles. The first-order valence-electron chi connectivity index (χ1n) is 9.56. The minimum absolute atomic E-state index is 0.0444. The van der Waals surface area contributed by atoms with Crippen LogP contribution in [0.1, 0.15) is 19.8 Å². The Morgan fingerprint density at radius 1 is 1.24 bits per heavy atom. The number of carbonyl (C=O) groups excluding carboxylic acids is 3. The fraction of sp³-hybridized carbons (Fsp3) is 0.526. The molecule has 2 heterocycles. The molecule has 3 rings (SSSR count). The van der Waals surface area contributed by atoms with E-state index in [4.69, 9.17) is 0 Å². The molecule has 2 saturated heterocycles. The largest absolute Gasteiger partial charge is 0.327 e. The number of para-hydroxylation sites is 1. The van der Waals surface area contributed by atoms with Gasteiger partial charge in [-0.15, -0.1) is 11.8 Å². The van der Waals surface area contributed by atoms with Crippen LogP contribution in [0.4, 0.5) is 14.9 Å². The van der Waals surface area contributed by atoms with Crippen molar-refractivity contribution in [1.29, 1.82) is 0 Å². The molecule has 0 aromatic heterocycles. The monoisotopic (exact) mass is 423 g/mol. The molecule has 2 aliphatic rings. The molecule has 1 aromatic rings. The summed E-state index contributed by atoms with van der Waals surface area (Å²) in [5.41, 5.74) is 0.122. The van der Waals surface area contributed by atoms with Crippen molar-refractivity contribution in [2.75, 3.05) is 25.2 Å². The van der Waals surface area contributed by atoms with E-state index in [0.717, 1.165) is 17.7 Å². The smallest absolute Gasteiger partial charge is 0.323 e. The number of fused-ring (bicyclic) bond motifs is 1. The lowest BCUT2D eigenvalue weighted by atomic mass is 9.96. The molecule has 8 nitrogen and oxygen atoms in total. The fourth-order valence-corrected chi connectivity index (χ4v) is 4.77. The third kappa shape index (κ3) is 4.54. The van der Waals surface area contributed by atoms with Crippen molar-refractivity contribution in [2.45, 2.75) is 37.5 Å². The van der Waals surface area contributed by atoms with Gasteiger partial charge in [0.15, 0.2) is 0 Å². The van der Waals surface area contributed by atoms with Gasteiger partial charge in [-0.25, -0.2) is 9.18 Å². The Morgan fingerprint density at radius 2 is 1.97 bits per heavy atom. The Morgan fingerprint density at radius 3 is 2.66 bits per heavy atom. The summed E-state index contributed by atoms with van der Waals surface area (Å²) >= 11 is 1.28. The van der Waals surface area contributed by atoms with Crippen LogP contribution < -0.4 is 16.0 Å². The van der Waals surface area contributed by atoms with Crippen LogP contribution in [-0.2, 0) is 9.59 Å². The van der Waals surface area contributed by atoms with Crippen molar-refractivity contribution >= 4 is 35.3 Å². The zero-order valence-corrected chi connectivity index (χ0v) is 17.5. The summed E-state index contributed by atoms with van der Waals surface area (Å²) < 4.78 is 13.7. The van der Waals surface area contributed by atoms with Crippen LogP contribution in [0.15, 0.2) is 24.3 Å². The number of urea groups is 1. The maximum Gasteiger partial charge on any atom is 0.327 e. The van der Waals surface area contributed by atoms with Gasteiger partial charge in [0.25, 0.3) is 0 Å². The SMILES string of the molecule is CCCC1NC(SCC(=O)Nc2ccccc2F)C2C(=O)N(C)C(=O)N(C)C2N1. The molecule has 0 saturated carbocycles. The number of halogens is 1. The van der Waals surface area contributed by atoms with Gasteiger partial charge in [-0.1, -0.05) is 25.5 Å². The number of carbonyl (C=O) groups is 3. The van der Waals surface area contributed by atoms with Gasteiger partial charge in [-0.05, 0) is 18.6 Å². The van der Waals surface area contributed by atoms with Crippen molar-refractivity contribution in [3.8, 4) is 0 Å². The molecule has 158 valence electrons. The number of benzene rings is 1. The van der Waals surface area contributed by atoms with Crippen molar-refractivity contribution in [1.82, 2.24) is 20.4 Å². The molecule has 4 unspecified atom stereocenters. The van der Waals surface area contributed by atoms with E-state index in [1.165, 1.54) is 35.8 Å². The number of imide groups is 1. The predicted molar refractivity (Wildman–Crippen MR) is 109 cm³/mol. The first-order chi connectivity index (χ1) is 13.8. The molecule has 4 amide bonds. The first-order valence-corrected chi connectivity index (χ1v) is 10.6. The normalized spacial score (nSPS) is 27.0. The maximum absolute atomic E-state index is 13.7. The summed E-state index contributed by atoms with van der Waals surface area (Å²) in [6.45, 7) is 2.05. The van der Waals surface area contributed by atoms with Gasteiger partial charge in [0.2, 0.25) is 11.8 Å². The average molecular weight is 424 g/mol. The lowest BCUT2D eigenvalue weighted by molar-refractivity contribution is -0.140. The minimum Gasteiger partial charge on any atom is -0.323 e. The maximum atomic E-state index is 13.7. The van der Waals surface area contributed by atoms with Gasteiger partial charge in [0.1, 0.15) is 5.82 Å². The Hall–Kier alpha value is -2.17. The third-order valence-corrected chi connectivity index (χ3v) is 6.36. The molecular weight excluding hydrogens is 397 g/mol. The lowest BCUT2D eigenvalue weighted by Crippen LogP contribution is -2.74. The molecule has 3 N–H and O–H groups in total. The van der Waals surface area contributed by atoms with E-state index in [1.807, 2.05) is 6.92 Å². The molecule has 0 radical (unpaired) electrons. The number of anilines is 1. The van der Waals surface area contributed by atoms with Crippen molar-refractivity contribution in [3.05, 3.63) is 30.1 Å². The van der Waals surface area contributed by atoms with Crippen LogP contribution in [-0.4, -0.2) is 65.2 Å². The number of hydrogen-bond donors (Lipinski definition) is 3. The van der Waals surface area contributed by atoms with Crippen LogP contribution in [0.25, 0.3) is 0 Å². The quantitative estimate of drug-likeness (QED) is 0.644. The minimum atomic E-state index is -0.540. The van der Waals surface area contributed by atoms with Crippen molar-refractivity contribution in [3.63, 3.8) is 0 Å². The summed E-state index contributed by atoms with van der Waals surface area (Å²) in [7, 11) is 3.12. The van der Waals surface area contributed by atoms with E-state index in [-0.39, 0.29) is 40.8 Å². The van der Waals surface area contributed by atoms with Crippen molar-refractivity contribution < 1.29 is 18.8 Å². The highest BCUT2D eigenvalue weighted by molar-refractivity contribution is 8.00. The summed E-state index contributed by atoms with van der Waals surface area (Å²) in [5.74, 6) is -1.65. The number of nitrogens with one attached hydrogen (secondary N) is 3. The van der Waals surface area contributed by atoms with Gasteiger partial charge < -0.3 is 10.2 Å². The second kappa shape index (κ2) is 9.10. The Balaban J connectivity index is 1.71. The predicted octanol–water partition coefficient (Wildman–Crippen LogP) is 1.61. The molecule has 1 aromatic carbocycles. The zero-order valence-electron chi connectivity index (χ0n) is 16.6. The first kappa shape index (κ1) is 21.5. The fourth-order valence-electron chi connectivity index (χ4n) is 3.64. The second-order valence-corrected chi connectivity index (χ2v) is 8.33. The molecule has 4 atom stereocenters. The van der Waals surface area contributed by atoms with E-state index in [2.05, 4.69) is 16.0 Å². The summed E-state index contributed by atoms with van der Waals surface area (Å²) in [5, 5.41) is 8.91. The second-order valence-electron chi connectivity index (χ2n) is 7.20. The molecular formula is C19H26FN5O3S. The van der Waals surface area contributed by atoms with Crippen LogP contribution in [0.3, 0.4) is 0 Å². The number of amides is 4. The van der Waals surface area contributed by atoms with Gasteiger partial charge in [-0.2, -0.15) is 0 Å². The van der Waals surface area contributed by atoms with Crippen molar-refractivity contribution in [2.24, 2.45) is 5.92 Å². The van der Waals surface area contributed by atoms with Crippen LogP contribution in [0.2, 0.25) is 0 Å². The van der Waals surface area contributed by atoms with Crippen LogP contribution >= 0.6 is 11.8 Å². The van der Waals surface area contributed by atoms with Gasteiger partial charge in [0.05, 0.1) is 35.1 Å². The van der Waals surface area contributed by atoms with Gasteiger partial charge in [-0.3, -0.25) is 25.1 Å². The van der Waals surface area contributed by atoms with E-state index in [0.29, 0.717) is 0 Å². The topological polar surface area (TPSA) is 93.8 Å². The number of rotatable bonds is 6. The van der Waals surface area contributed by atoms with Crippen LogP contribution in [0, 0.1) is 11.7 Å². The molecule has 10 heteroatoms. The Labute approximate surface area is 173 Å². The van der Waals surface area contributed by atoms with E-state index >= 15 is 0 Å². The third-order valence-electron chi connectivity index (χ3n) is 5.14. The molecule has 2 fully saturated rings. The number of hydrogen-bond acceptors (Lipinski definition) is 6. The molecule has 0 bridgehead atoms. The highest BCUT2D eigenvalue weighted by Crippen LogP contribution is 2.32. The molecule has 0 aliphatic carbocycles. The van der Waals surface area contributed by atoms with E-state index < -0.39 is 17.9 Å². The summed E-state index contributed by atoms with van der Waals surface area (Å²) in [6.07, 6.45) is 1.20. The standard InChI is InChI=1S/C19H26FN5O3S/c1-4-7-13-22-16-15(18(27)25(3)19(28)24(16)2)17(23-13)29-10-14(26)21-12-9-6-5-8-11(12)20/h5-6,8-9,13,15-17,22-23H,4,7,10H2,1-3H3,(H,21,26). The highest BCUT2D eigenvalue weighted by atomic mass is 32.2. The van der Waals surface area contributed by atoms with E-state index in [1.54, 1.807) is 19.2 Å². The Kier molecular flexibility index (Phi) is 6.76. The lowest BCUT2D eigenvalue weighted by Gasteiger charge is -2.50. The summed E-state index contributed by atoms with van der Waals surface area (Å²) in [6, 6.07) is 5.61. The molecule has 29 heavy (non-hydrogen) atoms.